The molecule has 1 heterocycles. The maximum atomic E-state index is 11.4. The van der Waals surface area contributed by atoms with Gasteiger partial charge in [-0.25, -0.2) is 4.79 Å². The van der Waals surface area contributed by atoms with Crippen LogP contribution in [0.2, 0.25) is 0 Å². The van der Waals surface area contributed by atoms with Crippen molar-refractivity contribution in [2.24, 2.45) is 0 Å². The Balaban J connectivity index is 2.17. The van der Waals surface area contributed by atoms with Crippen LogP contribution in [-0.2, 0) is 0 Å². The van der Waals surface area contributed by atoms with Gasteiger partial charge in [-0.15, -0.1) is 11.8 Å². The highest BCUT2D eigenvalue weighted by Crippen LogP contribution is 2.30. The Morgan fingerprint density at radius 2 is 2.11 bits per heavy atom. The van der Waals surface area contributed by atoms with Crippen molar-refractivity contribution in [3.05, 3.63) is 23.8 Å². The molecule has 0 radical (unpaired) electrons. The smallest absolute Gasteiger partial charge is 0.340 e. The van der Waals surface area contributed by atoms with Crippen molar-refractivity contribution in [2.75, 3.05) is 26.4 Å². The van der Waals surface area contributed by atoms with E-state index in [0.29, 0.717) is 5.75 Å². The van der Waals surface area contributed by atoms with Gasteiger partial charge in [0, 0.05) is 18.0 Å². The molecular weight excluding hydrogens is 262 g/mol. The van der Waals surface area contributed by atoms with E-state index in [-0.39, 0.29) is 11.7 Å². The van der Waals surface area contributed by atoms with E-state index in [0.717, 1.165) is 30.8 Å². The number of thioether (sulfide) groups is 1. The number of piperidine rings is 1. The number of rotatable bonds is 4. The van der Waals surface area contributed by atoms with Gasteiger partial charge in [-0.1, -0.05) is 6.07 Å². The number of hydrogen-bond donors (Lipinski definition) is 1. The predicted molar refractivity (Wildman–Crippen MR) is 76.3 cm³/mol. The average molecular weight is 281 g/mol. The van der Waals surface area contributed by atoms with Crippen LogP contribution >= 0.6 is 11.8 Å². The first-order valence-electron chi connectivity index (χ1n) is 6.37. The van der Waals surface area contributed by atoms with Gasteiger partial charge >= 0.3 is 5.97 Å². The molecule has 1 aliphatic heterocycles. The number of aromatic carboxylic acids is 1. The zero-order valence-corrected chi connectivity index (χ0v) is 12.1. The minimum Gasteiger partial charge on any atom is -0.489 e. The van der Waals surface area contributed by atoms with Crippen LogP contribution in [0, 0.1) is 0 Å². The van der Waals surface area contributed by atoms with E-state index >= 15 is 0 Å². The third-order valence-electron chi connectivity index (χ3n) is 3.38. The second-order valence-electron chi connectivity index (χ2n) is 4.76. The molecule has 4 nitrogen and oxygen atoms in total. The number of carboxylic acid groups (broad SMARTS) is 1. The van der Waals surface area contributed by atoms with Crippen molar-refractivity contribution >= 4 is 17.7 Å². The van der Waals surface area contributed by atoms with Gasteiger partial charge in [0.25, 0.3) is 0 Å². The number of likely N-dealkylation sites (tertiary alicyclic amines) is 1. The molecule has 0 saturated carbocycles. The van der Waals surface area contributed by atoms with E-state index in [1.54, 1.807) is 6.07 Å². The third-order valence-corrected chi connectivity index (χ3v) is 4.16. The first-order valence-corrected chi connectivity index (χ1v) is 7.59. The lowest BCUT2D eigenvalue weighted by molar-refractivity contribution is 0.0676. The molecule has 5 heteroatoms. The summed E-state index contributed by atoms with van der Waals surface area (Å²) in [6, 6.07) is 5.42. The van der Waals surface area contributed by atoms with Crippen LogP contribution in [0.25, 0.3) is 0 Å². The Morgan fingerprint density at radius 3 is 2.68 bits per heavy atom. The molecule has 1 aliphatic rings. The van der Waals surface area contributed by atoms with Crippen LogP contribution in [0.3, 0.4) is 0 Å². The van der Waals surface area contributed by atoms with Gasteiger partial charge in [0.2, 0.25) is 0 Å². The number of hydrogen-bond acceptors (Lipinski definition) is 4. The number of carboxylic acids is 1. The maximum Gasteiger partial charge on any atom is 0.340 e. The third kappa shape index (κ3) is 3.42. The van der Waals surface area contributed by atoms with Gasteiger partial charge in [0.15, 0.2) is 0 Å². The topological polar surface area (TPSA) is 49.8 Å². The Kier molecular flexibility index (Phi) is 4.71. The van der Waals surface area contributed by atoms with E-state index in [4.69, 9.17) is 4.74 Å². The lowest BCUT2D eigenvalue weighted by Crippen LogP contribution is -2.35. The molecule has 19 heavy (non-hydrogen) atoms. The number of benzene rings is 1. The highest BCUT2D eigenvalue weighted by Gasteiger charge is 2.22. The zero-order valence-electron chi connectivity index (χ0n) is 11.3. The minimum atomic E-state index is -0.923. The first kappa shape index (κ1) is 14.2. The molecule has 1 saturated heterocycles. The molecule has 1 aromatic rings. The molecule has 0 aliphatic carbocycles. The summed E-state index contributed by atoms with van der Waals surface area (Å²) >= 11 is 1.43. The Bertz CT molecular complexity index is 456. The van der Waals surface area contributed by atoms with Crippen LogP contribution in [-0.4, -0.2) is 48.5 Å². The van der Waals surface area contributed by atoms with E-state index < -0.39 is 5.97 Å². The fourth-order valence-corrected chi connectivity index (χ4v) is 2.88. The fraction of sp³-hybridized carbons (Fsp3) is 0.500. The van der Waals surface area contributed by atoms with Crippen molar-refractivity contribution < 1.29 is 14.6 Å². The summed E-state index contributed by atoms with van der Waals surface area (Å²) in [5, 5.41) is 9.35. The lowest BCUT2D eigenvalue weighted by Gasteiger charge is -2.29. The number of ether oxygens (including phenoxy) is 1. The first-order chi connectivity index (χ1) is 9.11. The van der Waals surface area contributed by atoms with Crippen molar-refractivity contribution in [1.82, 2.24) is 4.90 Å². The van der Waals surface area contributed by atoms with Crippen LogP contribution in [0.1, 0.15) is 23.2 Å². The fourth-order valence-electron chi connectivity index (χ4n) is 2.27. The van der Waals surface area contributed by atoms with Crippen LogP contribution in [0.15, 0.2) is 23.1 Å². The van der Waals surface area contributed by atoms with E-state index in [9.17, 15) is 9.90 Å². The lowest BCUT2D eigenvalue weighted by atomic mass is 10.1. The number of carbonyl (C=O) groups is 1. The summed E-state index contributed by atoms with van der Waals surface area (Å²) < 4.78 is 5.92. The summed E-state index contributed by atoms with van der Waals surface area (Å²) in [4.78, 5) is 14.4. The molecule has 0 bridgehead atoms. The van der Waals surface area contributed by atoms with Gasteiger partial charge in [0.1, 0.15) is 17.4 Å². The Morgan fingerprint density at radius 1 is 1.42 bits per heavy atom. The van der Waals surface area contributed by atoms with Gasteiger partial charge in [-0.2, -0.15) is 0 Å². The van der Waals surface area contributed by atoms with E-state index in [1.165, 1.54) is 11.8 Å². The summed E-state index contributed by atoms with van der Waals surface area (Å²) in [5.41, 5.74) is 0.286. The average Bonchev–Trinajstić information content (AvgIpc) is 2.40. The van der Waals surface area contributed by atoms with Crippen LogP contribution < -0.4 is 4.74 Å². The summed E-state index contributed by atoms with van der Waals surface area (Å²) in [7, 11) is 2.09. The molecule has 2 rings (SSSR count). The van der Waals surface area contributed by atoms with Gasteiger partial charge < -0.3 is 14.7 Å². The molecule has 104 valence electrons. The second-order valence-corrected chi connectivity index (χ2v) is 5.61. The molecule has 0 amide bonds. The monoisotopic (exact) mass is 281 g/mol. The quantitative estimate of drug-likeness (QED) is 0.860. The largest absolute Gasteiger partial charge is 0.489 e. The molecule has 0 atom stereocenters. The van der Waals surface area contributed by atoms with Crippen LogP contribution in [0.5, 0.6) is 5.75 Å². The molecule has 1 aromatic carbocycles. The normalized spacial score (nSPS) is 17.4. The molecular formula is C14H19NO3S. The zero-order chi connectivity index (χ0) is 13.8. The molecule has 1 N–H and O–H groups in total. The van der Waals surface area contributed by atoms with Crippen molar-refractivity contribution in [3.8, 4) is 5.75 Å². The Hall–Kier alpha value is -1.20. The summed E-state index contributed by atoms with van der Waals surface area (Å²) in [6.07, 6.45) is 3.88. The van der Waals surface area contributed by atoms with Crippen molar-refractivity contribution in [3.63, 3.8) is 0 Å². The predicted octanol–water partition coefficient (Wildman–Crippen LogP) is 2.58. The highest BCUT2D eigenvalue weighted by molar-refractivity contribution is 7.98. The standard InChI is InChI=1S/C14H19NO3S/c1-15-8-6-10(7-9-15)18-11-4-3-5-12(19-2)13(11)14(16)17/h3-5,10H,6-9H2,1-2H3,(H,16,17). The SMILES string of the molecule is CSc1cccc(OC2CCN(C)CC2)c1C(=O)O. The van der Waals surface area contributed by atoms with Gasteiger partial charge in [-0.3, -0.25) is 0 Å². The minimum absolute atomic E-state index is 0.117. The maximum absolute atomic E-state index is 11.4. The molecule has 1 fully saturated rings. The summed E-state index contributed by atoms with van der Waals surface area (Å²) in [6.45, 7) is 1.99. The van der Waals surface area contributed by atoms with Crippen molar-refractivity contribution in [2.45, 2.75) is 23.8 Å². The Labute approximate surface area is 117 Å². The highest BCUT2D eigenvalue weighted by atomic mass is 32.2. The van der Waals surface area contributed by atoms with E-state index in [1.807, 2.05) is 18.4 Å². The summed E-state index contributed by atoms with van der Waals surface area (Å²) in [5.74, 6) is -0.429. The second kappa shape index (κ2) is 6.30. The van der Waals surface area contributed by atoms with Gasteiger partial charge in [-0.05, 0) is 38.3 Å². The number of nitrogens with zero attached hydrogens (tertiary/aromatic N) is 1. The molecule has 0 unspecified atom stereocenters. The van der Waals surface area contributed by atoms with Gasteiger partial charge in [0.05, 0.1) is 0 Å². The van der Waals surface area contributed by atoms with Crippen molar-refractivity contribution in [1.29, 1.82) is 0 Å². The van der Waals surface area contributed by atoms with Crippen LogP contribution in [0.4, 0.5) is 0 Å². The van der Waals surface area contributed by atoms with E-state index in [2.05, 4.69) is 11.9 Å². The molecule has 0 aromatic heterocycles. The molecule has 0 spiro atoms.